The lowest BCUT2D eigenvalue weighted by Crippen LogP contribution is -2.09. The van der Waals surface area contributed by atoms with Crippen molar-refractivity contribution in [3.05, 3.63) is 35.7 Å². The molecule has 3 nitrogen and oxygen atoms in total. The van der Waals surface area contributed by atoms with Gasteiger partial charge in [0.1, 0.15) is 0 Å². The van der Waals surface area contributed by atoms with Crippen molar-refractivity contribution in [3.63, 3.8) is 0 Å². The fourth-order valence-corrected chi connectivity index (χ4v) is 1.15. The first-order valence-corrected chi connectivity index (χ1v) is 4.70. The molecule has 0 aliphatic carbocycles. The molecule has 0 amide bonds. The minimum Gasteiger partial charge on any atom is -0.469 e. The normalized spacial score (nSPS) is 11.8. The van der Waals surface area contributed by atoms with Gasteiger partial charge in [-0.3, -0.25) is 9.78 Å². The molecule has 0 saturated heterocycles. The van der Waals surface area contributed by atoms with Crippen LogP contribution >= 0.6 is 0 Å². The molecule has 0 N–H and O–H groups in total. The highest BCUT2D eigenvalue weighted by molar-refractivity contribution is 5.72. The first kappa shape index (κ1) is 13.2. The zero-order valence-electron chi connectivity index (χ0n) is 8.99. The summed E-state index contributed by atoms with van der Waals surface area (Å²) in [5, 5.41) is 0. The summed E-state index contributed by atoms with van der Waals surface area (Å²) in [4.78, 5) is 14.0. The third-order valence-electron chi connectivity index (χ3n) is 1.92. The lowest BCUT2D eigenvalue weighted by Gasteiger charge is -2.07. The molecule has 92 valence electrons. The highest BCUT2D eigenvalue weighted by Gasteiger charge is 2.34. The number of hydrogen-bond acceptors (Lipinski definition) is 3. The van der Waals surface area contributed by atoms with E-state index in [9.17, 15) is 18.0 Å². The zero-order chi connectivity index (χ0) is 12.9. The van der Waals surface area contributed by atoms with Gasteiger partial charge in [-0.05, 0) is 6.07 Å². The molecule has 0 aliphatic heterocycles. The molecule has 0 saturated carbocycles. The van der Waals surface area contributed by atoms with Gasteiger partial charge in [0.05, 0.1) is 13.5 Å². The lowest BCUT2D eigenvalue weighted by atomic mass is 10.1. The highest BCUT2D eigenvalue weighted by atomic mass is 19.4. The van der Waals surface area contributed by atoms with E-state index in [2.05, 4.69) is 9.72 Å². The third-order valence-corrected chi connectivity index (χ3v) is 1.92. The molecular weight excluding hydrogens is 235 g/mol. The van der Waals surface area contributed by atoms with E-state index in [0.29, 0.717) is 0 Å². The molecule has 1 aromatic heterocycles. The number of pyridine rings is 1. The predicted octanol–water partition coefficient (Wildman–Crippen LogP) is 2.68. The summed E-state index contributed by atoms with van der Waals surface area (Å²) in [6, 6.07) is 2.68. The maximum atomic E-state index is 12.5. The number of alkyl halides is 3. The van der Waals surface area contributed by atoms with Crippen LogP contribution in [-0.4, -0.2) is 18.1 Å². The van der Waals surface area contributed by atoms with Gasteiger partial charge in [0, 0.05) is 11.8 Å². The van der Waals surface area contributed by atoms with Crippen LogP contribution in [0, 0.1) is 0 Å². The van der Waals surface area contributed by atoms with Gasteiger partial charge < -0.3 is 4.74 Å². The van der Waals surface area contributed by atoms with Gasteiger partial charge >= 0.3 is 12.1 Å². The van der Waals surface area contributed by atoms with E-state index in [0.717, 1.165) is 6.20 Å². The largest absolute Gasteiger partial charge is 0.469 e. The zero-order valence-corrected chi connectivity index (χ0v) is 8.99. The van der Waals surface area contributed by atoms with Crippen LogP contribution in [0.2, 0.25) is 0 Å². The third kappa shape index (κ3) is 3.90. The minimum atomic E-state index is -4.51. The Morgan fingerprint density at radius 3 is 2.82 bits per heavy atom. The fourth-order valence-electron chi connectivity index (χ4n) is 1.15. The number of carbonyl (C=O) groups is 1. The molecule has 0 fully saturated rings. The molecule has 0 unspecified atom stereocenters. The molecule has 1 aromatic rings. The van der Waals surface area contributed by atoms with E-state index in [4.69, 9.17) is 0 Å². The summed E-state index contributed by atoms with van der Waals surface area (Å²) in [6.07, 6.45) is -1.01. The summed E-state index contributed by atoms with van der Waals surface area (Å²) in [5.74, 6) is -0.515. The van der Waals surface area contributed by atoms with Crippen LogP contribution in [0.4, 0.5) is 13.2 Å². The van der Waals surface area contributed by atoms with E-state index in [1.54, 1.807) is 0 Å². The number of esters is 1. The van der Waals surface area contributed by atoms with Gasteiger partial charge in [0.2, 0.25) is 0 Å². The monoisotopic (exact) mass is 245 g/mol. The average molecular weight is 245 g/mol. The number of aromatic nitrogens is 1. The van der Waals surface area contributed by atoms with Gasteiger partial charge in [-0.1, -0.05) is 18.2 Å². The number of rotatable bonds is 3. The quantitative estimate of drug-likeness (QED) is 0.768. The number of methoxy groups -OCH3 is 1. The van der Waals surface area contributed by atoms with Crippen LogP contribution in [0.1, 0.15) is 17.7 Å². The van der Waals surface area contributed by atoms with Crippen molar-refractivity contribution < 1.29 is 22.7 Å². The van der Waals surface area contributed by atoms with E-state index < -0.39 is 17.8 Å². The van der Waals surface area contributed by atoms with Crippen molar-refractivity contribution in [2.45, 2.75) is 12.6 Å². The number of ether oxygens (including phenoxy) is 1. The Bertz CT molecular complexity index is 427. The van der Waals surface area contributed by atoms with Gasteiger partial charge in [0.25, 0.3) is 0 Å². The van der Waals surface area contributed by atoms with Crippen molar-refractivity contribution in [1.29, 1.82) is 0 Å². The molecule has 17 heavy (non-hydrogen) atoms. The summed E-state index contributed by atoms with van der Waals surface area (Å²) in [6.45, 7) is 0. The van der Waals surface area contributed by atoms with E-state index in [1.165, 1.54) is 31.4 Å². The van der Waals surface area contributed by atoms with Crippen molar-refractivity contribution in [2.24, 2.45) is 0 Å². The smallest absolute Gasteiger partial charge is 0.433 e. The van der Waals surface area contributed by atoms with Crippen molar-refractivity contribution in [1.82, 2.24) is 4.98 Å². The predicted molar refractivity (Wildman–Crippen MR) is 54.9 cm³/mol. The number of nitrogens with zero attached hydrogens (tertiary/aromatic N) is 1. The van der Waals surface area contributed by atoms with Gasteiger partial charge in [0.15, 0.2) is 5.69 Å². The maximum Gasteiger partial charge on any atom is 0.433 e. The maximum absolute atomic E-state index is 12.5. The second kappa shape index (κ2) is 5.47. The Morgan fingerprint density at radius 1 is 1.53 bits per heavy atom. The summed E-state index contributed by atoms with van der Waals surface area (Å²) < 4.78 is 41.9. The molecule has 6 heteroatoms. The van der Waals surface area contributed by atoms with E-state index >= 15 is 0 Å². The second-order valence-electron chi connectivity index (χ2n) is 3.12. The second-order valence-corrected chi connectivity index (χ2v) is 3.12. The van der Waals surface area contributed by atoms with Crippen LogP contribution in [0.25, 0.3) is 6.08 Å². The van der Waals surface area contributed by atoms with Crippen LogP contribution in [0.15, 0.2) is 24.4 Å². The fraction of sp³-hybridized carbons (Fsp3) is 0.273. The lowest BCUT2D eigenvalue weighted by molar-refractivity contribution is -0.141. The van der Waals surface area contributed by atoms with Gasteiger partial charge in [-0.25, -0.2) is 0 Å². The van der Waals surface area contributed by atoms with Crippen LogP contribution in [0.3, 0.4) is 0 Å². The van der Waals surface area contributed by atoms with Crippen LogP contribution in [0.5, 0.6) is 0 Å². The minimum absolute atomic E-state index is 0.0797. The van der Waals surface area contributed by atoms with Crippen LogP contribution < -0.4 is 0 Å². The van der Waals surface area contributed by atoms with Crippen molar-refractivity contribution in [3.8, 4) is 0 Å². The Morgan fingerprint density at radius 2 is 2.24 bits per heavy atom. The Labute approximate surface area is 95.9 Å². The average Bonchev–Trinajstić information content (AvgIpc) is 2.28. The first-order valence-electron chi connectivity index (χ1n) is 4.70. The first-order chi connectivity index (χ1) is 7.95. The molecule has 0 spiro atoms. The molecule has 0 radical (unpaired) electrons. The number of carbonyl (C=O) groups excluding carboxylic acids is 1. The Kier molecular flexibility index (Phi) is 4.25. The molecular formula is C11H10F3NO2. The van der Waals surface area contributed by atoms with Gasteiger partial charge in [-0.15, -0.1) is 0 Å². The Balaban J connectivity index is 2.88. The van der Waals surface area contributed by atoms with Crippen molar-refractivity contribution >= 4 is 12.0 Å². The van der Waals surface area contributed by atoms with Gasteiger partial charge in [-0.2, -0.15) is 13.2 Å². The molecule has 0 bridgehead atoms. The summed E-state index contributed by atoms with van der Waals surface area (Å²) in [7, 11) is 1.21. The topological polar surface area (TPSA) is 39.2 Å². The molecule has 1 heterocycles. The molecule has 0 atom stereocenters. The molecule has 0 aromatic carbocycles. The van der Waals surface area contributed by atoms with Crippen molar-refractivity contribution in [2.75, 3.05) is 7.11 Å². The standard InChI is InChI=1S/C11H10F3NO2/c1-17-9(16)6-2-4-8-5-3-7-15-10(8)11(12,13)14/h2-5,7H,6H2,1H3. The van der Waals surface area contributed by atoms with Crippen LogP contribution in [-0.2, 0) is 15.7 Å². The summed E-state index contributed by atoms with van der Waals surface area (Å²) in [5.41, 5.74) is -1.05. The number of halogens is 3. The van der Waals surface area contributed by atoms with E-state index in [-0.39, 0.29) is 12.0 Å². The SMILES string of the molecule is COC(=O)CC=Cc1cccnc1C(F)(F)F. The number of hydrogen-bond donors (Lipinski definition) is 0. The highest BCUT2D eigenvalue weighted by Crippen LogP contribution is 2.30. The Hall–Kier alpha value is -1.85. The van der Waals surface area contributed by atoms with E-state index in [1.807, 2.05) is 0 Å². The molecule has 1 rings (SSSR count). The summed E-state index contributed by atoms with van der Waals surface area (Å²) >= 11 is 0. The molecule has 0 aliphatic rings.